The van der Waals surface area contributed by atoms with Gasteiger partial charge in [-0.3, -0.25) is 0 Å². The highest BCUT2D eigenvalue weighted by Crippen LogP contribution is 2.33. The third-order valence-electron chi connectivity index (χ3n) is 6.22. The highest BCUT2D eigenvalue weighted by molar-refractivity contribution is 6.61. The fourth-order valence-electron chi connectivity index (χ4n) is 4.22. The first kappa shape index (κ1) is 24.9. The van der Waals surface area contributed by atoms with E-state index in [0.29, 0.717) is 17.1 Å². The van der Waals surface area contributed by atoms with Gasteiger partial charge in [-0.25, -0.2) is 4.98 Å². The molecule has 1 unspecified atom stereocenters. The Hall–Kier alpha value is -3.77. The van der Waals surface area contributed by atoms with Gasteiger partial charge in [-0.15, -0.1) is 0 Å². The Morgan fingerprint density at radius 1 is 1.14 bits per heavy atom. The first-order chi connectivity index (χ1) is 17.7. The number of rotatable bonds is 8. The van der Waals surface area contributed by atoms with Crippen molar-refractivity contribution in [2.24, 2.45) is 0 Å². The molecule has 37 heavy (non-hydrogen) atoms. The normalized spacial score (nSPS) is 15.9. The number of aliphatic hydroxyl groups is 2. The Morgan fingerprint density at radius 3 is 2.62 bits per heavy atom. The molecule has 0 amide bonds. The molecule has 0 spiro atoms. The molecule has 5 rings (SSSR count). The Bertz CT molecular complexity index is 1390. The molecule has 10 nitrogen and oxygen atoms in total. The molecule has 11 heteroatoms. The van der Waals surface area contributed by atoms with Crippen LogP contribution in [0, 0.1) is 0 Å². The lowest BCUT2D eigenvalue weighted by molar-refractivity contribution is 0.0661. The van der Waals surface area contributed by atoms with Crippen molar-refractivity contribution in [2.75, 3.05) is 17.2 Å². The van der Waals surface area contributed by atoms with Crippen LogP contribution in [0.15, 0.2) is 65.3 Å². The first-order valence-corrected chi connectivity index (χ1v) is 12.0. The van der Waals surface area contributed by atoms with Gasteiger partial charge in [0, 0.05) is 18.0 Å². The summed E-state index contributed by atoms with van der Waals surface area (Å²) in [6, 6.07) is 16.6. The average molecular weight is 501 g/mol. The standard InChI is InChI=1S/C26H28BN5O5/c1-15-18-11-17(9-10-20(18)27(35)36-15)29-23-12-21(30-22(14-33)16-7-5-4-6-8-16)19(13-28-23)24-31-25(32-37-24)26(2,3)34/h4-13,15,22,33-35H,14H2,1-3H3,(H2,28,29,30)/t15?,22-/m1/s1. The molecule has 2 aromatic heterocycles. The molecule has 0 saturated carbocycles. The molecule has 1 aliphatic rings. The summed E-state index contributed by atoms with van der Waals surface area (Å²) in [5.41, 5.74) is 3.17. The van der Waals surface area contributed by atoms with Crippen LogP contribution in [0.1, 0.15) is 49.9 Å². The van der Waals surface area contributed by atoms with Gasteiger partial charge in [0.25, 0.3) is 5.89 Å². The molecular formula is C26H28BN5O5. The fourth-order valence-corrected chi connectivity index (χ4v) is 4.22. The predicted octanol–water partition coefficient (Wildman–Crippen LogP) is 3.03. The van der Waals surface area contributed by atoms with Crippen LogP contribution >= 0.6 is 0 Å². The summed E-state index contributed by atoms with van der Waals surface area (Å²) in [7, 11) is -0.927. The van der Waals surface area contributed by atoms with Crippen molar-refractivity contribution in [3.8, 4) is 11.5 Å². The molecule has 0 saturated heterocycles. The van der Waals surface area contributed by atoms with Gasteiger partial charge in [-0.2, -0.15) is 4.98 Å². The number of hydrogen-bond acceptors (Lipinski definition) is 10. The van der Waals surface area contributed by atoms with Crippen LogP contribution in [0.3, 0.4) is 0 Å². The zero-order valence-corrected chi connectivity index (χ0v) is 20.7. The van der Waals surface area contributed by atoms with E-state index >= 15 is 0 Å². The maximum Gasteiger partial charge on any atom is 0.491 e. The Labute approximate surface area is 214 Å². The van der Waals surface area contributed by atoms with Crippen LogP contribution in [-0.4, -0.2) is 44.1 Å². The molecule has 4 aromatic rings. The molecule has 3 heterocycles. The molecule has 0 bridgehead atoms. The van der Waals surface area contributed by atoms with Crippen LogP contribution in [0.2, 0.25) is 0 Å². The average Bonchev–Trinajstić information content (AvgIpc) is 3.48. The second-order valence-electron chi connectivity index (χ2n) is 9.49. The number of aromatic nitrogens is 3. The van der Waals surface area contributed by atoms with E-state index in [4.69, 9.17) is 9.18 Å². The van der Waals surface area contributed by atoms with Gasteiger partial charge in [0.15, 0.2) is 0 Å². The topological polar surface area (TPSA) is 146 Å². The molecule has 0 fully saturated rings. The summed E-state index contributed by atoms with van der Waals surface area (Å²) < 4.78 is 10.9. The zero-order chi connectivity index (χ0) is 26.2. The summed E-state index contributed by atoms with van der Waals surface area (Å²) in [4.78, 5) is 8.89. The zero-order valence-electron chi connectivity index (χ0n) is 20.7. The Balaban J connectivity index is 1.50. The van der Waals surface area contributed by atoms with Crippen LogP contribution in [0.4, 0.5) is 17.2 Å². The van der Waals surface area contributed by atoms with E-state index in [0.717, 1.165) is 22.3 Å². The van der Waals surface area contributed by atoms with Crippen molar-refractivity contribution in [3.63, 3.8) is 0 Å². The van der Waals surface area contributed by atoms with Gasteiger partial charge in [-0.05, 0) is 49.5 Å². The van der Waals surface area contributed by atoms with Gasteiger partial charge >= 0.3 is 7.12 Å². The monoisotopic (exact) mass is 501 g/mol. The quantitative estimate of drug-likeness (QED) is 0.228. The molecule has 190 valence electrons. The molecule has 0 aliphatic carbocycles. The lowest BCUT2D eigenvalue weighted by atomic mass is 9.79. The SMILES string of the molecule is CC1OB(O)c2ccc(Nc3cc(N[C@H](CO)c4ccccc4)c(-c4nc(C(C)(C)O)no4)cn3)cc21. The number of nitrogens with zero attached hydrogens (tertiary/aromatic N) is 3. The second kappa shape index (κ2) is 9.94. The number of nitrogens with one attached hydrogen (secondary N) is 2. The minimum absolute atomic E-state index is 0.147. The summed E-state index contributed by atoms with van der Waals surface area (Å²) in [5.74, 6) is 0.861. The predicted molar refractivity (Wildman–Crippen MR) is 139 cm³/mol. The molecular weight excluding hydrogens is 473 g/mol. The summed E-state index contributed by atoms with van der Waals surface area (Å²) in [5, 5.41) is 41.0. The van der Waals surface area contributed by atoms with Gasteiger partial charge < -0.3 is 35.0 Å². The van der Waals surface area contributed by atoms with Crippen molar-refractivity contribution in [1.29, 1.82) is 0 Å². The molecule has 2 atom stereocenters. The highest BCUT2D eigenvalue weighted by Gasteiger charge is 2.32. The molecule has 5 N–H and O–H groups in total. The first-order valence-electron chi connectivity index (χ1n) is 12.0. The number of pyridine rings is 1. The Morgan fingerprint density at radius 2 is 1.92 bits per heavy atom. The lowest BCUT2D eigenvalue weighted by Gasteiger charge is -2.20. The maximum absolute atomic E-state index is 10.3. The molecule has 1 aliphatic heterocycles. The van der Waals surface area contributed by atoms with Crippen LogP contribution < -0.4 is 16.1 Å². The van der Waals surface area contributed by atoms with Crippen molar-refractivity contribution in [3.05, 3.63) is 77.7 Å². The fraction of sp³-hybridized carbons (Fsp3) is 0.269. The van der Waals surface area contributed by atoms with Crippen molar-refractivity contribution >= 4 is 29.8 Å². The van der Waals surface area contributed by atoms with Crippen molar-refractivity contribution in [2.45, 2.75) is 38.5 Å². The number of anilines is 3. The van der Waals surface area contributed by atoms with Gasteiger partial charge in [0.1, 0.15) is 11.4 Å². The van der Waals surface area contributed by atoms with Gasteiger partial charge in [-0.1, -0.05) is 41.6 Å². The van der Waals surface area contributed by atoms with E-state index in [1.54, 1.807) is 26.1 Å². The van der Waals surface area contributed by atoms with Gasteiger partial charge in [0.2, 0.25) is 5.82 Å². The van der Waals surface area contributed by atoms with Crippen LogP contribution in [0.25, 0.3) is 11.5 Å². The number of fused-ring (bicyclic) bond motifs is 1. The number of benzene rings is 2. The second-order valence-corrected chi connectivity index (χ2v) is 9.49. The van der Waals surface area contributed by atoms with E-state index < -0.39 is 18.8 Å². The molecule has 2 aromatic carbocycles. The lowest BCUT2D eigenvalue weighted by Crippen LogP contribution is -2.27. The van der Waals surface area contributed by atoms with Crippen LogP contribution in [0.5, 0.6) is 0 Å². The van der Waals surface area contributed by atoms with E-state index in [-0.39, 0.29) is 24.4 Å². The Kier molecular flexibility index (Phi) is 6.69. The molecule has 0 radical (unpaired) electrons. The number of hydrogen-bond donors (Lipinski definition) is 5. The van der Waals surface area contributed by atoms with E-state index in [2.05, 4.69) is 25.8 Å². The minimum Gasteiger partial charge on any atom is -0.423 e. The summed E-state index contributed by atoms with van der Waals surface area (Å²) in [6.45, 7) is 4.88. The summed E-state index contributed by atoms with van der Waals surface area (Å²) >= 11 is 0. The van der Waals surface area contributed by atoms with Crippen LogP contribution in [-0.2, 0) is 10.3 Å². The largest absolute Gasteiger partial charge is 0.491 e. The van der Waals surface area contributed by atoms with E-state index in [1.807, 2.05) is 55.5 Å². The number of aliphatic hydroxyl groups excluding tert-OH is 1. The van der Waals surface area contributed by atoms with Crippen molar-refractivity contribution in [1.82, 2.24) is 15.1 Å². The van der Waals surface area contributed by atoms with Gasteiger partial charge in [0.05, 0.1) is 30.0 Å². The maximum atomic E-state index is 10.3. The summed E-state index contributed by atoms with van der Waals surface area (Å²) in [6.07, 6.45) is 1.37. The smallest absolute Gasteiger partial charge is 0.423 e. The third kappa shape index (κ3) is 5.21. The van der Waals surface area contributed by atoms with E-state index in [1.165, 1.54) is 0 Å². The third-order valence-corrected chi connectivity index (χ3v) is 6.22. The van der Waals surface area contributed by atoms with Crippen molar-refractivity contribution < 1.29 is 24.4 Å². The minimum atomic E-state index is -1.27. The van der Waals surface area contributed by atoms with E-state index in [9.17, 15) is 15.2 Å². The highest BCUT2D eigenvalue weighted by atomic mass is 16.5.